The van der Waals surface area contributed by atoms with Crippen LogP contribution in [0.4, 0.5) is 4.39 Å². The van der Waals surface area contributed by atoms with Crippen LogP contribution in [0.25, 0.3) is 0 Å². The number of hydrogen-bond donors (Lipinski definition) is 1. The fourth-order valence-electron chi connectivity index (χ4n) is 3.17. The maximum Gasteiger partial charge on any atom is 0.243 e. The van der Waals surface area contributed by atoms with E-state index in [2.05, 4.69) is 5.32 Å². The van der Waals surface area contributed by atoms with Crippen molar-refractivity contribution in [3.8, 4) is 0 Å². The Morgan fingerprint density at radius 2 is 1.31 bits per heavy atom. The normalized spacial score (nSPS) is 12.1. The van der Waals surface area contributed by atoms with Gasteiger partial charge in [-0.25, -0.2) is 25.5 Å². The van der Waals surface area contributed by atoms with E-state index < -0.39 is 38.3 Å². The van der Waals surface area contributed by atoms with Gasteiger partial charge in [-0.3, -0.25) is 4.79 Å². The van der Waals surface area contributed by atoms with Crippen molar-refractivity contribution in [3.63, 3.8) is 0 Å². The van der Waals surface area contributed by atoms with Gasteiger partial charge < -0.3 is 5.32 Å². The van der Waals surface area contributed by atoms with Gasteiger partial charge in [0, 0.05) is 27.2 Å². The zero-order valence-corrected chi connectivity index (χ0v) is 20.9. The van der Waals surface area contributed by atoms with E-state index in [9.17, 15) is 26.0 Å². The lowest BCUT2D eigenvalue weighted by molar-refractivity contribution is -0.121. The molecule has 0 bridgehead atoms. The molecular weight excluding hydrogens is 493 g/mol. The molecule has 11 heteroatoms. The summed E-state index contributed by atoms with van der Waals surface area (Å²) in [6.07, 6.45) is 0. The Labute approximate surface area is 205 Å². The van der Waals surface area contributed by atoms with Gasteiger partial charge in [-0.1, -0.05) is 42.5 Å². The molecule has 0 aliphatic heterocycles. The van der Waals surface area contributed by atoms with E-state index in [-0.39, 0.29) is 22.9 Å². The number of halogens is 1. The van der Waals surface area contributed by atoms with E-state index in [0.717, 1.165) is 8.61 Å². The molecule has 8 nitrogen and oxygen atoms in total. The second-order valence-electron chi connectivity index (χ2n) is 7.92. The number of nitrogens with zero attached hydrogens (tertiary/aromatic N) is 2. The molecule has 0 fully saturated rings. The first-order valence-electron chi connectivity index (χ1n) is 10.6. The van der Waals surface area contributed by atoms with Crippen LogP contribution < -0.4 is 5.32 Å². The summed E-state index contributed by atoms with van der Waals surface area (Å²) in [5.41, 5.74) is 1.17. The van der Waals surface area contributed by atoms with Gasteiger partial charge in [0.05, 0.1) is 16.3 Å². The van der Waals surface area contributed by atoms with E-state index in [4.69, 9.17) is 0 Å². The van der Waals surface area contributed by atoms with Gasteiger partial charge in [-0.2, -0.15) is 4.31 Å². The highest BCUT2D eigenvalue weighted by molar-refractivity contribution is 7.89. The fourth-order valence-corrected chi connectivity index (χ4v) is 5.47. The van der Waals surface area contributed by atoms with Crippen molar-refractivity contribution in [2.24, 2.45) is 0 Å². The maximum absolute atomic E-state index is 13.3. The van der Waals surface area contributed by atoms with E-state index in [0.29, 0.717) is 11.1 Å². The van der Waals surface area contributed by atoms with Crippen LogP contribution in [0.15, 0.2) is 88.7 Å². The predicted molar refractivity (Wildman–Crippen MR) is 130 cm³/mol. The maximum atomic E-state index is 13.3. The van der Waals surface area contributed by atoms with Gasteiger partial charge in [0.25, 0.3) is 0 Å². The van der Waals surface area contributed by atoms with Crippen LogP contribution in [0.5, 0.6) is 0 Å². The SMILES string of the molecule is CN(C)S(=O)(=O)c1ccc(CNC(=O)CN(Cc2ccc(F)cc2)S(=O)(=O)c2ccccc2)cc1. The Morgan fingerprint density at radius 3 is 1.89 bits per heavy atom. The Kier molecular flexibility index (Phi) is 8.39. The number of hydrogen-bond acceptors (Lipinski definition) is 5. The molecule has 3 aromatic carbocycles. The van der Waals surface area contributed by atoms with Crippen molar-refractivity contribution in [3.05, 3.63) is 95.8 Å². The number of rotatable bonds is 10. The van der Waals surface area contributed by atoms with Crippen LogP contribution in [0.1, 0.15) is 11.1 Å². The molecule has 0 saturated heterocycles. The Bertz CT molecular complexity index is 1360. The molecular formula is C24H26FN3O5S2. The van der Waals surface area contributed by atoms with Crippen molar-refractivity contribution in [2.45, 2.75) is 22.9 Å². The standard InChI is InChI=1S/C24H26FN3O5S2/c1-27(2)34(30,31)23-14-10-19(11-15-23)16-26-24(29)18-28(17-20-8-12-21(25)13-9-20)35(32,33)22-6-4-3-5-7-22/h3-15H,16-18H2,1-2H3,(H,26,29). The van der Waals surface area contributed by atoms with Crippen molar-refractivity contribution in [1.29, 1.82) is 0 Å². The quantitative estimate of drug-likeness (QED) is 0.444. The van der Waals surface area contributed by atoms with Gasteiger partial charge in [-0.15, -0.1) is 0 Å². The number of nitrogens with one attached hydrogen (secondary N) is 1. The summed E-state index contributed by atoms with van der Waals surface area (Å²) in [7, 11) is -4.71. The first kappa shape index (κ1) is 26.5. The van der Waals surface area contributed by atoms with E-state index in [1.54, 1.807) is 30.3 Å². The van der Waals surface area contributed by atoms with Gasteiger partial charge in [0.15, 0.2) is 0 Å². The topological polar surface area (TPSA) is 104 Å². The molecule has 186 valence electrons. The summed E-state index contributed by atoms with van der Waals surface area (Å²) in [6.45, 7) is -0.499. The van der Waals surface area contributed by atoms with Crippen LogP contribution in [0.3, 0.4) is 0 Å². The molecule has 3 aromatic rings. The number of benzene rings is 3. The van der Waals surface area contributed by atoms with Crippen LogP contribution in [-0.2, 0) is 37.9 Å². The molecule has 0 heterocycles. The summed E-state index contributed by atoms with van der Waals surface area (Å²) >= 11 is 0. The minimum atomic E-state index is -4.01. The summed E-state index contributed by atoms with van der Waals surface area (Å²) in [4.78, 5) is 12.8. The highest BCUT2D eigenvalue weighted by Crippen LogP contribution is 2.19. The molecule has 0 aliphatic carbocycles. The highest BCUT2D eigenvalue weighted by atomic mass is 32.2. The lowest BCUT2D eigenvalue weighted by Crippen LogP contribution is -2.40. The van der Waals surface area contributed by atoms with Gasteiger partial charge in [-0.05, 0) is 47.5 Å². The zero-order valence-electron chi connectivity index (χ0n) is 19.3. The van der Waals surface area contributed by atoms with Crippen molar-refractivity contribution in [1.82, 2.24) is 13.9 Å². The third kappa shape index (κ3) is 6.73. The minimum absolute atomic E-state index is 0.0348. The lowest BCUT2D eigenvalue weighted by atomic mass is 10.2. The highest BCUT2D eigenvalue weighted by Gasteiger charge is 2.27. The fraction of sp³-hybridized carbons (Fsp3) is 0.208. The average Bonchev–Trinajstić information content (AvgIpc) is 2.84. The molecule has 1 N–H and O–H groups in total. The first-order valence-corrected chi connectivity index (χ1v) is 13.5. The van der Waals surface area contributed by atoms with E-state index in [1.807, 2.05) is 0 Å². The molecule has 0 unspecified atom stereocenters. The van der Waals surface area contributed by atoms with Gasteiger partial charge in [0.2, 0.25) is 26.0 Å². The predicted octanol–water partition coefficient (Wildman–Crippen LogP) is 2.58. The smallest absolute Gasteiger partial charge is 0.243 e. The van der Waals surface area contributed by atoms with Crippen molar-refractivity contribution in [2.75, 3.05) is 20.6 Å². The second kappa shape index (κ2) is 11.1. The Hall–Kier alpha value is -3.12. The number of carbonyl (C=O) groups excluding carboxylic acids is 1. The van der Waals surface area contributed by atoms with Gasteiger partial charge >= 0.3 is 0 Å². The largest absolute Gasteiger partial charge is 0.351 e. The molecule has 0 radical (unpaired) electrons. The minimum Gasteiger partial charge on any atom is -0.351 e. The van der Waals surface area contributed by atoms with Crippen molar-refractivity contribution < 1.29 is 26.0 Å². The number of amides is 1. The van der Waals surface area contributed by atoms with Crippen LogP contribution in [0.2, 0.25) is 0 Å². The van der Waals surface area contributed by atoms with Crippen LogP contribution in [0, 0.1) is 5.82 Å². The summed E-state index contributed by atoms with van der Waals surface area (Å²) < 4.78 is 66.2. The third-order valence-electron chi connectivity index (χ3n) is 5.16. The van der Waals surface area contributed by atoms with Gasteiger partial charge in [0.1, 0.15) is 5.82 Å². The van der Waals surface area contributed by atoms with E-state index in [1.165, 1.54) is 62.6 Å². The molecule has 0 atom stereocenters. The zero-order chi connectivity index (χ0) is 25.6. The lowest BCUT2D eigenvalue weighted by Gasteiger charge is -2.22. The summed E-state index contributed by atoms with van der Waals surface area (Å²) in [6, 6.07) is 19.1. The summed E-state index contributed by atoms with van der Waals surface area (Å²) in [5.74, 6) is -0.995. The second-order valence-corrected chi connectivity index (χ2v) is 12.0. The Morgan fingerprint density at radius 1 is 0.771 bits per heavy atom. The molecule has 35 heavy (non-hydrogen) atoms. The van der Waals surface area contributed by atoms with Crippen LogP contribution >= 0.6 is 0 Å². The van der Waals surface area contributed by atoms with Crippen molar-refractivity contribution >= 4 is 26.0 Å². The average molecular weight is 520 g/mol. The third-order valence-corrected chi connectivity index (χ3v) is 8.80. The number of carbonyl (C=O) groups is 1. The first-order chi connectivity index (χ1) is 16.5. The summed E-state index contributed by atoms with van der Waals surface area (Å²) in [5, 5.41) is 2.66. The molecule has 0 aromatic heterocycles. The molecule has 1 amide bonds. The molecule has 3 rings (SSSR count). The molecule has 0 spiro atoms. The number of sulfonamides is 2. The van der Waals surface area contributed by atoms with Crippen LogP contribution in [-0.4, -0.2) is 52.0 Å². The monoisotopic (exact) mass is 519 g/mol. The molecule has 0 aliphatic rings. The van der Waals surface area contributed by atoms with E-state index >= 15 is 0 Å². The molecule has 0 saturated carbocycles. The Balaban J connectivity index is 1.73.